The molecule has 0 amide bonds. The van der Waals surface area contributed by atoms with E-state index in [-0.39, 0.29) is 32.7 Å². The van der Waals surface area contributed by atoms with Crippen molar-refractivity contribution in [1.82, 2.24) is 0 Å². The summed E-state index contributed by atoms with van der Waals surface area (Å²) in [6, 6.07) is 0. The molecule has 2 aliphatic carbocycles. The van der Waals surface area contributed by atoms with Gasteiger partial charge < -0.3 is 13.8 Å². The van der Waals surface area contributed by atoms with Gasteiger partial charge in [-0.1, -0.05) is 18.6 Å². The van der Waals surface area contributed by atoms with Gasteiger partial charge >= 0.3 is 0 Å². The summed E-state index contributed by atoms with van der Waals surface area (Å²) in [6.07, 6.45) is 8.31. The smallest absolute Gasteiger partial charge is 0 e. The second kappa shape index (κ2) is 3.30. The molecule has 1 radical (unpaired) electrons. The van der Waals surface area contributed by atoms with E-state index in [0.717, 1.165) is 18.3 Å². The molecule has 0 saturated heterocycles. The fraction of sp³-hybridized carbons (Fsp3) is 0.600. The number of hydrogen-bond acceptors (Lipinski definition) is 0. The molecule has 2 rings (SSSR count). The van der Waals surface area contributed by atoms with Gasteiger partial charge in [-0.25, -0.2) is 6.42 Å². The minimum absolute atomic E-state index is 0. The molecule has 0 N–H and O–H groups in total. The van der Waals surface area contributed by atoms with E-state index >= 15 is 0 Å². The Hall–Kier alpha value is 0.844. The van der Waals surface area contributed by atoms with E-state index in [2.05, 4.69) is 26.0 Å². The Balaban J connectivity index is 0.000000605. The first-order valence-corrected chi connectivity index (χ1v) is 4.07. The molecule has 1 fully saturated rings. The van der Waals surface area contributed by atoms with Crippen LogP contribution in [0.5, 0.6) is 0 Å². The van der Waals surface area contributed by atoms with E-state index in [1.54, 1.807) is 0 Å². The van der Waals surface area contributed by atoms with Gasteiger partial charge in [0.05, 0.1) is 0 Å². The maximum Gasteiger partial charge on any atom is 0 e. The molecule has 2 bridgehead atoms. The van der Waals surface area contributed by atoms with Gasteiger partial charge in [0.2, 0.25) is 0 Å². The normalized spacial score (nSPS) is 46.0. The number of allylic oxidation sites excluding steroid dienone is 2. The fourth-order valence-corrected chi connectivity index (χ4v) is 2.34. The quantitative estimate of drug-likeness (QED) is 0.473. The van der Waals surface area contributed by atoms with Crippen LogP contribution in [0.1, 0.15) is 19.3 Å². The Kier molecular flexibility index (Phi) is 2.98. The molecule has 3 atom stereocenters. The van der Waals surface area contributed by atoms with Crippen LogP contribution in [0.25, 0.3) is 0 Å². The van der Waals surface area contributed by atoms with Gasteiger partial charge in [-0.3, -0.25) is 0 Å². The largest absolute Gasteiger partial charge is 0.345 e. The van der Waals surface area contributed by atoms with Crippen LogP contribution in [0.15, 0.2) is 12.2 Å². The Bertz CT molecular complexity index is 174. The molecule has 0 aliphatic heterocycles. The number of rotatable bonds is 1. The summed E-state index contributed by atoms with van der Waals surface area (Å²) in [4.78, 5) is 0. The predicted octanol–water partition coefficient (Wildman–Crippen LogP) is 2.62. The SMILES string of the molecule is [CH2-]CC1([CH2-])CC2C=CC1C2.[Y]. The maximum absolute atomic E-state index is 4.26. The molecule has 0 heterocycles. The standard InChI is InChI=1S/C10H14.Y/c1-3-10(2)7-8-4-5-9(10)6-8;/h4-5,8-9H,1-3,6-7H2;/q-2;. The average molecular weight is 223 g/mol. The van der Waals surface area contributed by atoms with Crippen LogP contribution in [-0.4, -0.2) is 0 Å². The first-order chi connectivity index (χ1) is 4.74. The second-order valence-corrected chi connectivity index (χ2v) is 3.80. The van der Waals surface area contributed by atoms with Crippen molar-refractivity contribution in [2.24, 2.45) is 17.3 Å². The van der Waals surface area contributed by atoms with Gasteiger partial charge in [0.15, 0.2) is 0 Å². The minimum atomic E-state index is 0. The Morgan fingerprint density at radius 3 is 2.45 bits per heavy atom. The topological polar surface area (TPSA) is 0 Å². The molecular formula is C10H14Y-2. The van der Waals surface area contributed by atoms with Crippen LogP contribution >= 0.6 is 0 Å². The van der Waals surface area contributed by atoms with Crippen LogP contribution in [0.3, 0.4) is 0 Å². The van der Waals surface area contributed by atoms with Crippen molar-refractivity contribution in [3.05, 3.63) is 26.0 Å². The second-order valence-electron chi connectivity index (χ2n) is 3.80. The zero-order valence-electron chi connectivity index (χ0n) is 6.92. The first-order valence-electron chi connectivity index (χ1n) is 4.07. The maximum atomic E-state index is 4.26. The van der Waals surface area contributed by atoms with Gasteiger partial charge in [-0.15, -0.1) is 0 Å². The van der Waals surface area contributed by atoms with Crippen molar-refractivity contribution in [3.63, 3.8) is 0 Å². The third-order valence-corrected chi connectivity index (χ3v) is 3.13. The number of hydrogen-bond donors (Lipinski definition) is 0. The van der Waals surface area contributed by atoms with Gasteiger partial charge in [-0.05, 0) is 18.3 Å². The third kappa shape index (κ3) is 1.49. The molecule has 2 aliphatic rings. The summed E-state index contributed by atoms with van der Waals surface area (Å²) in [7, 11) is 0. The van der Waals surface area contributed by atoms with E-state index in [4.69, 9.17) is 0 Å². The zero-order chi connectivity index (χ0) is 7.19. The van der Waals surface area contributed by atoms with Crippen molar-refractivity contribution >= 4 is 0 Å². The molecule has 0 spiro atoms. The monoisotopic (exact) mass is 223 g/mol. The molecule has 59 valence electrons. The van der Waals surface area contributed by atoms with Crippen molar-refractivity contribution in [3.8, 4) is 0 Å². The van der Waals surface area contributed by atoms with Crippen LogP contribution in [0.4, 0.5) is 0 Å². The fourth-order valence-electron chi connectivity index (χ4n) is 2.34. The van der Waals surface area contributed by atoms with Crippen LogP contribution in [0, 0.1) is 31.1 Å². The van der Waals surface area contributed by atoms with Crippen LogP contribution < -0.4 is 0 Å². The molecule has 1 heteroatoms. The third-order valence-electron chi connectivity index (χ3n) is 3.13. The summed E-state index contributed by atoms with van der Waals surface area (Å²) < 4.78 is 0. The average Bonchev–Trinajstić information content (AvgIpc) is 2.46. The molecule has 0 aromatic carbocycles. The first kappa shape index (κ1) is 9.93. The van der Waals surface area contributed by atoms with E-state index in [1.807, 2.05) is 0 Å². The molecule has 1 saturated carbocycles. The van der Waals surface area contributed by atoms with Crippen LogP contribution in [0.2, 0.25) is 0 Å². The van der Waals surface area contributed by atoms with Gasteiger partial charge in [-0.2, -0.15) is 5.41 Å². The van der Waals surface area contributed by atoms with E-state index < -0.39 is 0 Å². The van der Waals surface area contributed by atoms with Crippen LogP contribution in [-0.2, 0) is 32.7 Å². The van der Waals surface area contributed by atoms with Crippen molar-refractivity contribution < 1.29 is 32.7 Å². The molecule has 0 aromatic heterocycles. The predicted molar refractivity (Wildman–Crippen MR) is 43.1 cm³/mol. The van der Waals surface area contributed by atoms with Gasteiger partial charge in [0.25, 0.3) is 0 Å². The number of fused-ring (bicyclic) bond motifs is 2. The summed E-state index contributed by atoms with van der Waals surface area (Å²) in [6.45, 7) is 8.22. The Morgan fingerprint density at radius 1 is 1.45 bits per heavy atom. The molecular weight excluding hydrogens is 209 g/mol. The molecule has 0 nitrogen and oxygen atoms in total. The Labute approximate surface area is 94.7 Å². The van der Waals surface area contributed by atoms with E-state index in [9.17, 15) is 0 Å². The molecule has 0 aromatic rings. The summed E-state index contributed by atoms with van der Waals surface area (Å²) in [5.41, 5.74) is 0.305. The van der Waals surface area contributed by atoms with Crippen molar-refractivity contribution in [2.45, 2.75) is 19.3 Å². The minimum Gasteiger partial charge on any atom is -0.345 e. The Morgan fingerprint density at radius 2 is 2.18 bits per heavy atom. The summed E-state index contributed by atoms with van der Waals surface area (Å²) in [5.74, 6) is 1.58. The van der Waals surface area contributed by atoms with Crippen molar-refractivity contribution in [1.29, 1.82) is 0 Å². The zero-order valence-corrected chi connectivity index (χ0v) is 9.76. The van der Waals surface area contributed by atoms with E-state index in [0.29, 0.717) is 5.41 Å². The molecule has 11 heavy (non-hydrogen) atoms. The van der Waals surface area contributed by atoms with Gasteiger partial charge in [0, 0.05) is 32.7 Å². The van der Waals surface area contributed by atoms with Crippen molar-refractivity contribution in [2.75, 3.05) is 0 Å². The summed E-state index contributed by atoms with van der Waals surface area (Å²) in [5, 5.41) is 0. The molecule has 3 unspecified atom stereocenters. The summed E-state index contributed by atoms with van der Waals surface area (Å²) >= 11 is 0. The van der Waals surface area contributed by atoms with Gasteiger partial charge in [0.1, 0.15) is 0 Å². The van der Waals surface area contributed by atoms with E-state index in [1.165, 1.54) is 12.8 Å².